The van der Waals surface area contributed by atoms with Crippen LogP contribution in [-0.4, -0.2) is 84.7 Å². The minimum atomic E-state index is -0.154. The number of likely N-dealkylation sites (tertiary alicyclic amines) is 1. The van der Waals surface area contributed by atoms with Gasteiger partial charge in [0, 0.05) is 45.3 Å². The quantitative estimate of drug-likeness (QED) is 0.305. The zero-order valence-corrected chi connectivity index (χ0v) is 19.0. The van der Waals surface area contributed by atoms with Crippen molar-refractivity contribution < 1.29 is 9.90 Å². The van der Waals surface area contributed by atoms with E-state index in [4.69, 9.17) is 0 Å². The normalized spacial score (nSPS) is 27.6. The molecule has 3 N–H and O–H groups in total. The van der Waals surface area contributed by atoms with Gasteiger partial charge in [0.25, 0.3) is 0 Å². The molecule has 1 heterocycles. The predicted octanol–water partition coefficient (Wildman–Crippen LogP) is 1.16. The Kier molecular flexibility index (Phi) is 9.07. The largest absolute Gasteiger partial charge is 0.391 e. The molecular weight excluding hydrogens is 457 g/mol. The maximum Gasteiger partial charge on any atom is 0.243 e. The molecule has 3 fully saturated rings. The van der Waals surface area contributed by atoms with Gasteiger partial charge in [0.15, 0.2) is 5.96 Å². The lowest BCUT2D eigenvalue weighted by Crippen LogP contribution is -2.53. The van der Waals surface area contributed by atoms with Crippen LogP contribution in [0.1, 0.15) is 51.4 Å². The molecule has 0 aromatic heterocycles. The second-order valence-electron chi connectivity index (χ2n) is 8.25. The molecule has 0 bridgehead atoms. The molecule has 7 nitrogen and oxygen atoms in total. The van der Waals surface area contributed by atoms with E-state index in [0.29, 0.717) is 18.1 Å². The Morgan fingerprint density at radius 2 is 1.63 bits per heavy atom. The molecule has 0 spiro atoms. The topological polar surface area (TPSA) is 80.2 Å². The van der Waals surface area contributed by atoms with Gasteiger partial charge in [-0.3, -0.25) is 9.69 Å². The number of rotatable bonds is 5. The highest BCUT2D eigenvalue weighted by molar-refractivity contribution is 14.0. The third-order valence-corrected chi connectivity index (χ3v) is 5.82. The fourth-order valence-electron chi connectivity index (χ4n) is 3.93. The Balaban J connectivity index is 0.00000261. The third-order valence-electron chi connectivity index (χ3n) is 5.82. The lowest BCUT2D eigenvalue weighted by atomic mass is 9.89. The average molecular weight is 493 g/mol. The molecule has 3 rings (SSSR count). The van der Waals surface area contributed by atoms with Gasteiger partial charge < -0.3 is 20.6 Å². The van der Waals surface area contributed by atoms with E-state index < -0.39 is 0 Å². The second-order valence-corrected chi connectivity index (χ2v) is 8.25. The van der Waals surface area contributed by atoms with Crippen molar-refractivity contribution >= 4 is 35.8 Å². The maximum atomic E-state index is 11.8. The second kappa shape index (κ2) is 10.8. The number of carbonyl (C=O) groups is 1. The summed E-state index contributed by atoms with van der Waals surface area (Å²) in [6, 6.07) is 1.24. The third kappa shape index (κ3) is 7.05. The number of halogens is 1. The molecule has 1 amide bonds. The van der Waals surface area contributed by atoms with Crippen molar-refractivity contribution in [3.05, 3.63) is 0 Å². The van der Waals surface area contributed by atoms with E-state index in [-0.39, 0.29) is 42.5 Å². The van der Waals surface area contributed by atoms with E-state index in [2.05, 4.69) is 20.5 Å². The van der Waals surface area contributed by atoms with E-state index in [0.717, 1.165) is 51.2 Å². The van der Waals surface area contributed by atoms with E-state index in [1.807, 2.05) is 0 Å². The van der Waals surface area contributed by atoms with Gasteiger partial charge in [0.1, 0.15) is 6.54 Å². The molecule has 2 atom stereocenters. The molecule has 8 heteroatoms. The summed E-state index contributed by atoms with van der Waals surface area (Å²) in [5, 5.41) is 17.2. The smallest absolute Gasteiger partial charge is 0.243 e. The number of likely N-dealkylation sites (N-methyl/N-ethyl adjacent to an activating group) is 1. The highest BCUT2D eigenvalue weighted by Crippen LogP contribution is 2.26. The number of nitrogens with zero attached hydrogens (tertiary/aromatic N) is 3. The summed E-state index contributed by atoms with van der Waals surface area (Å²) in [6.07, 6.45) is 8.79. The predicted molar refractivity (Wildman–Crippen MR) is 119 cm³/mol. The van der Waals surface area contributed by atoms with Gasteiger partial charge in [0.2, 0.25) is 5.91 Å². The van der Waals surface area contributed by atoms with Gasteiger partial charge in [0.05, 0.1) is 6.10 Å². The van der Waals surface area contributed by atoms with Crippen LogP contribution >= 0.6 is 24.0 Å². The summed E-state index contributed by atoms with van der Waals surface area (Å²) in [5.41, 5.74) is 0. The molecule has 1 saturated heterocycles. The first-order chi connectivity index (χ1) is 12.5. The number of aliphatic hydroxyl groups is 1. The first kappa shape index (κ1) is 22.7. The number of aliphatic imine (C=N–C) groups is 1. The maximum absolute atomic E-state index is 11.8. The number of guanidine groups is 1. The molecule has 2 saturated carbocycles. The highest BCUT2D eigenvalue weighted by atomic mass is 127. The molecule has 2 aliphatic carbocycles. The fraction of sp³-hybridized carbons (Fsp3) is 0.895. The van der Waals surface area contributed by atoms with Crippen LogP contribution in [0, 0.1) is 0 Å². The number of nitrogens with one attached hydrogen (secondary N) is 2. The summed E-state index contributed by atoms with van der Waals surface area (Å²) in [7, 11) is 3.52. The Morgan fingerprint density at radius 3 is 2.19 bits per heavy atom. The van der Waals surface area contributed by atoms with Gasteiger partial charge in [-0.1, -0.05) is 12.8 Å². The van der Waals surface area contributed by atoms with Crippen LogP contribution in [0.3, 0.4) is 0 Å². The molecular formula is C19H36IN5O2. The van der Waals surface area contributed by atoms with Crippen molar-refractivity contribution in [3.8, 4) is 0 Å². The summed E-state index contributed by atoms with van der Waals surface area (Å²) < 4.78 is 0. The van der Waals surface area contributed by atoms with Crippen molar-refractivity contribution in [2.75, 3.05) is 33.7 Å². The molecule has 156 valence electrons. The number of hydrogen-bond donors (Lipinski definition) is 3. The van der Waals surface area contributed by atoms with E-state index in [1.165, 1.54) is 19.3 Å². The lowest BCUT2D eigenvalue weighted by Gasteiger charge is -2.41. The van der Waals surface area contributed by atoms with Gasteiger partial charge in [-0.2, -0.15) is 0 Å². The summed E-state index contributed by atoms with van der Waals surface area (Å²) in [4.78, 5) is 20.4. The highest BCUT2D eigenvalue weighted by Gasteiger charge is 2.32. The van der Waals surface area contributed by atoms with Gasteiger partial charge >= 0.3 is 0 Å². The van der Waals surface area contributed by atoms with Gasteiger partial charge in [-0.15, -0.1) is 24.0 Å². The molecule has 0 radical (unpaired) electrons. The molecule has 2 unspecified atom stereocenters. The first-order valence-electron chi connectivity index (χ1n) is 10.2. The van der Waals surface area contributed by atoms with Gasteiger partial charge in [-0.25, -0.2) is 4.99 Å². The van der Waals surface area contributed by atoms with Gasteiger partial charge in [-0.05, 0) is 38.5 Å². The zero-order chi connectivity index (χ0) is 18.5. The molecule has 0 aromatic rings. The van der Waals surface area contributed by atoms with Crippen LogP contribution in [0.4, 0.5) is 0 Å². The Hall–Kier alpha value is -0.610. The zero-order valence-electron chi connectivity index (χ0n) is 16.7. The number of piperidine rings is 1. The molecule has 0 aromatic carbocycles. The van der Waals surface area contributed by atoms with Crippen molar-refractivity contribution in [1.82, 2.24) is 20.4 Å². The van der Waals surface area contributed by atoms with Crippen LogP contribution in [-0.2, 0) is 4.79 Å². The molecule has 3 aliphatic rings. The fourth-order valence-corrected chi connectivity index (χ4v) is 3.93. The SMILES string of the molecule is CN(C)C(=O)CN=C(NC1CC1)NC1CCN(C2CCCCC2O)CC1.I. The van der Waals surface area contributed by atoms with E-state index in [9.17, 15) is 9.90 Å². The summed E-state index contributed by atoms with van der Waals surface area (Å²) in [5.74, 6) is 0.793. The first-order valence-corrected chi connectivity index (χ1v) is 10.2. The minimum Gasteiger partial charge on any atom is -0.391 e. The van der Waals surface area contributed by atoms with E-state index >= 15 is 0 Å². The minimum absolute atomic E-state index is 0. The molecule has 27 heavy (non-hydrogen) atoms. The Bertz CT molecular complexity index is 504. The van der Waals surface area contributed by atoms with Crippen LogP contribution in [0.2, 0.25) is 0 Å². The summed E-state index contributed by atoms with van der Waals surface area (Å²) >= 11 is 0. The number of amides is 1. The van der Waals surface area contributed by atoms with Crippen molar-refractivity contribution in [2.24, 2.45) is 4.99 Å². The summed E-state index contributed by atoms with van der Waals surface area (Å²) in [6.45, 7) is 2.22. The average Bonchev–Trinajstić information content (AvgIpc) is 3.44. The van der Waals surface area contributed by atoms with Crippen molar-refractivity contribution in [3.63, 3.8) is 0 Å². The standard InChI is InChI=1S/C19H35N5O2.HI/c1-23(2)18(26)13-20-19(21-14-7-8-14)22-15-9-11-24(12-10-15)16-5-3-4-6-17(16)25;/h14-17,25H,3-13H2,1-2H3,(H2,20,21,22);1H. The van der Waals surface area contributed by atoms with Crippen LogP contribution in [0.25, 0.3) is 0 Å². The Morgan fingerprint density at radius 1 is 1.04 bits per heavy atom. The number of aliphatic hydroxyl groups excluding tert-OH is 1. The van der Waals surface area contributed by atoms with Crippen LogP contribution in [0.5, 0.6) is 0 Å². The number of carbonyl (C=O) groups excluding carboxylic acids is 1. The van der Waals surface area contributed by atoms with Crippen LogP contribution < -0.4 is 10.6 Å². The lowest BCUT2D eigenvalue weighted by molar-refractivity contribution is -0.127. The van der Waals surface area contributed by atoms with Crippen molar-refractivity contribution in [2.45, 2.75) is 75.6 Å². The van der Waals surface area contributed by atoms with E-state index in [1.54, 1.807) is 19.0 Å². The Labute approximate surface area is 180 Å². The monoisotopic (exact) mass is 493 g/mol. The number of hydrogen-bond acceptors (Lipinski definition) is 4. The molecule has 1 aliphatic heterocycles. The van der Waals surface area contributed by atoms with Crippen molar-refractivity contribution in [1.29, 1.82) is 0 Å². The van der Waals surface area contributed by atoms with Crippen LogP contribution in [0.15, 0.2) is 4.99 Å².